The Morgan fingerprint density at radius 2 is 1.75 bits per heavy atom. The van der Waals surface area contributed by atoms with E-state index in [-0.39, 0.29) is 10.6 Å². The Balaban J connectivity index is 2.57. The zero-order chi connectivity index (χ0) is 14.9. The van der Waals surface area contributed by atoms with Gasteiger partial charge in [0.05, 0.1) is 12.2 Å². The van der Waals surface area contributed by atoms with Crippen LogP contribution < -0.4 is 0 Å². The van der Waals surface area contributed by atoms with Gasteiger partial charge in [-0.25, -0.2) is 4.39 Å². The summed E-state index contributed by atoms with van der Waals surface area (Å²) in [5.74, 6) is -0.601. The van der Waals surface area contributed by atoms with Gasteiger partial charge in [0.25, 0.3) is 0 Å². The van der Waals surface area contributed by atoms with Gasteiger partial charge in [-0.2, -0.15) is 13.2 Å². The monoisotopic (exact) mass is 304 g/mol. The van der Waals surface area contributed by atoms with Crippen LogP contribution in [0, 0.1) is 5.82 Å². The van der Waals surface area contributed by atoms with E-state index >= 15 is 0 Å². The zero-order valence-corrected chi connectivity index (χ0v) is 10.8. The fourth-order valence-electron chi connectivity index (χ4n) is 1.89. The summed E-state index contributed by atoms with van der Waals surface area (Å²) < 4.78 is 51.1. The van der Waals surface area contributed by atoms with Crippen LogP contribution in [-0.4, -0.2) is 5.11 Å². The largest absolute Gasteiger partial charge is 0.416 e. The molecule has 0 spiro atoms. The number of aliphatic hydroxyl groups is 1. The topological polar surface area (TPSA) is 20.2 Å². The molecule has 0 aromatic heterocycles. The van der Waals surface area contributed by atoms with Crippen molar-refractivity contribution >= 4 is 11.6 Å². The van der Waals surface area contributed by atoms with Crippen molar-refractivity contribution < 1.29 is 22.7 Å². The third-order valence-electron chi connectivity index (χ3n) is 2.78. The van der Waals surface area contributed by atoms with Crippen LogP contribution >= 0.6 is 11.6 Å². The Hall–Kier alpha value is -1.59. The molecule has 0 heterocycles. The first-order chi connectivity index (χ1) is 9.31. The van der Waals surface area contributed by atoms with Crippen LogP contribution in [-0.2, 0) is 12.8 Å². The molecule has 0 aliphatic carbocycles. The fraction of sp³-hybridized carbons (Fsp3) is 0.143. The molecular formula is C14H9ClF4O. The van der Waals surface area contributed by atoms with E-state index in [4.69, 9.17) is 11.6 Å². The van der Waals surface area contributed by atoms with E-state index in [1.807, 2.05) is 0 Å². The summed E-state index contributed by atoms with van der Waals surface area (Å²) in [6.45, 7) is -0.590. The van der Waals surface area contributed by atoms with Gasteiger partial charge < -0.3 is 5.11 Å². The first-order valence-corrected chi connectivity index (χ1v) is 5.96. The molecule has 0 saturated carbocycles. The van der Waals surface area contributed by atoms with Crippen LogP contribution in [0.25, 0.3) is 11.1 Å². The molecule has 1 nitrogen and oxygen atoms in total. The molecule has 0 aliphatic rings. The standard InChI is InChI=1S/C14H9ClF4O/c15-11-4-8(5-12(16)6-11)13-2-1-10(14(17,18)19)3-9(13)7-20/h1-6,20H,7H2. The fourth-order valence-corrected chi connectivity index (χ4v) is 2.11. The van der Waals surface area contributed by atoms with Gasteiger partial charge >= 0.3 is 6.18 Å². The Morgan fingerprint density at radius 3 is 2.30 bits per heavy atom. The predicted octanol–water partition coefficient (Wildman–Crippen LogP) is 4.66. The number of benzene rings is 2. The highest BCUT2D eigenvalue weighted by Crippen LogP contribution is 2.34. The molecule has 106 valence electrons. The number of aliphatic hydroxyl groups excluding tert-OH is 1. The lowest BCUT2D eigenvalue weighted by Gasteiger charge is -2.13. The van der Waals surface area contributed by atoms with Gasteiger partial charge in [-0.05, 0) is 47.0 Å². The van der Waals surface area contributed by atoms with Crippen LogP contribution in [0.15, 0.2) is 36.4 Å². The van der Waals surface area contributed by atoms with Gasteiger partial charge in [-0.3, -0.25) is 0 Å². The van der Waals surface area contributed by atoms with Crippen molar-refractivity contribution in [1.82, 2.24) is 0 Å². The van der Waals surface area contributed by atoms with Gasteiger partial charge in [0, 0.05) is 5.02 Å². The summed E-state index contributed by atoms with van der Waals surface area (Å²) in [4.78, 5) is 0. The van der Waals surface area contributed by atoms with Crippen molar-refractivity contribution in [1.29, 1.82) is 0 Å². The van der Waals surface area contributed by atoms with Crippen LogP contribution in [0.4, 0.5) is 17.6 Å². The van der Waals surface area contributed by atoms with E-state index in [9.17, 15) is 22.7 Å². The lowest BCUT2D eigenvalue weighted by atomic mass is 9.97. The van der Waals surface area contributed by atoms with Crippen molar-refractivity contribution in [2.24, 2.45) is 0 Å². The summed E-state index contributed by atoms with van der Waals surface area (Å²) in [6.07, 6.45) is -4.50. The highest BCUT2D eigenvalue weighted by Gasteiger charge is 2.31. The predicted molar refractivity (Wildman–Crippen MR) is 67.8 cm³/mol. The van der Waals surface area contributed by atoms with Crippen molar-refractivity contribution in [3.05, 3.63) is 58.4 Å². The minimum atomic E-state index is -4.50. The van der Waals surface area contributed by atoms with E-state index in [1.165, 1.54) is 12.1 Å². The Morgan fingerprint density at radius 1 is 1.05 bits per heavy atom. The molecule has 2 aromatic carbocycles. The van der Waals surface area contributed by atoms with Crippen molar-refractivity contribution in [3.8, 4) is 11.1 Å². The second kappa shape index (κ2) is 5.42. The van der Waals surface area contributed by atoms with E-state index in [0.717, 1.165) is 24.3 Å². The van der Waals surface area contributed by atoms with E-state index < -0.39 is 24.2 Å². The van der Waals surface area contributed by atoms with Gasteiger partial charge in [0.2, 0.25) is 0 Å². The van der Waals surface area contributed by atoms with Crippen LogP contribution in [0.5, 0.6) is 0 Å². The molecule has 0 atom stereocenters. The third-order valence-corrected chi connectivity index (χ3v) is 2.99. The molecular weight excluding hydrogens is 296 g/mol. The normalized spacial score (nSPS) is 11.7. The molecule has 0 unspecified atom stereocenters. The van der Waals surface area contributed by atoms with E-state index in [1.54, 1.807) is 0 Å². The molecule has 1 N–H and O–H groups in total. The minimum Gasteiger partial charge on any atom is -0.392 e. The van der Waals surface area contributed by atoms with Crippen LogP contribution in [0.1, 0.15) is 11.1 Å². The summed E-state index contributed by atoms with van der Waals surface area (Å²) in [6, 6.07) is 6.58. The molecule has 0 radical (unpaired) electrons. The second-order valence-corrected chi connectivity index (χ2v) is 4.62. The Labute approximate surface area is 117 Å². The number of hydrogen-bond donors (Lipinski definition) is 1. The summed E-state index contributed by atoms with van der Waals surface area (Å²) in [5, 5.41) is 9.34. The van der Waals surface area contributed by atoms with Crippen molar-refractivity contribution in [2.75, 3.05) is 0 Å². The molecule has 0 saturated heterocycles. The number of alkyl halides is 3. The Kier molecular flexibility index (Phi) is 4.01. The second-order valence-electron chi connectivity index (χ2n) is 4.19. The molecule has 0 bridgehead atoms. The van der Waals surface area contributed by atoms with Gasteiger partial charge in [0.15, 0.2) is 0 Å². The average molecular weight is 305 g/mol. The Bertz CT molecular complexity index is 617. The van der Waals surface area contributed by atoms with Crippen molar-refractivity contribution in [3.63, 3.8) is 0 Å². The summed E-state index contributed by atoms with van der Waals surface area (Å²) in [7, 11) is 0. The zero-order valence-electron chi connectivity index (χ0n) is 10.0. The van der Waals surface area contributed by atoms with Crippen molar-refractivity contribution in [2.45, 2.75) is 12.8 Å². The van der Waals surface area contributed by atoms with Gasteiger partial charge in [-0.1, -0.05) is 17.7 Å². The first-order valence-electron chi connectivity index (χ1n) is 5.58. The summed E-state index contributed by atoms with van der Waals surface area (Å²) in [5.41, 5.74) is -0.191. The molecule has 20 heavy (non-hydrogen) atoms. The van der Waals surface area contributed by atoms with Crippen LogP contribution in [0.2, 0.25) is 5.02 Å². The molecule has 0 amide bonds. The molecule has 6 heteroatoms. The van der Waals surface area contributed by atoms with Crippen LogP contribution in [0.3, 0.4) is 0 Å². The number of halogens is 5. The van der Waals surface area contributed by atoms with E-state index in [0.29, 0.717) is 11.1 Å². The smallest absolute Gasteiger partial charge is 0.392 e. The lowest BCUT2D eigenvalue weighted by molar-refractivity contribution is -0.137. The molecule has 2 aromatic rings. The maximum Gasteiger partial charge on any atom is 0.416 e. The SMILES string of the molecule is OCc1cc(C(F)(F)F)ccc1-c1cc(F)cc(Cl)c1. The summed E-state index contributed by atoms with van der Waals surface area (Å²) >= 11 is 5.72. The number of rotatable bonds is 2. The molecule has 0 aliphatic heterocycles. The lowest BCUT2D eigenvalue weighted by Crippen LogP contribution is -2.06. The van der Waals surface area contributed by atoms with Gasteiger partial charge in [0.1, 0.15) is 5.82 Å². The van der Waals surface area contributed by atoms with Gasteiger partial charge in [-0.15, -0.1) is 0 Å². The van der Waals surface area contributed by atoms with E-state index in [2.05, 4.69) is 0 Å². The third kappa shape index (κ3) is 3.11. The molecule has 2 rings (SSSR count). The quantitative estimate of drug-likeness (QED) is 0.800. The minimum absolute atomic E-state index is 0.0569. The molecule has 0 fully saturated rings. The highest BCUT2D eigenvalue weighted by molar-refractivity contribution is 6.30. The maximum absolute atomic E-state index is 13.3. The first kappa shape index (κ1) is 14.8. The maximum atomic E-state index is 13.3. The number of hydrogen-bond acceptors (Lipinski definition) is 1. The highest BCUT2D eigenvalue weighted by atomic mass is 35.5. The average Bonchev–Trinajstić information content (AvgIpc) is 2.35.